The van der Waals surface area contributed by atoms with Crippen LogP contribution in [0.2, 0.25) is 0 Å². The summed E-state index contributed by atoms with van der Waals surface area (Å²) >= 11 is 0. The molecule has 0 aliphatic carbocycles. The van der Waals surface area contributed by atoms with Crippen LogP contribution >= 0.6 is 0 Å². The molecule has 0 radical (unpaired) electrons. The van der Waals surface area contributed by atoms with Crippen LogP contribution in [0.25, 0.3) is 0 Å². The van der Waals surface area contributed by atoms with E-state index in [0.717, 1.165) is 11.3 Å². The normalized spacial score (nSPS) is 9.71. The van der Waals surface area contributed by atoms with Gasteiger partial charge in [0.2, 0.25) is 0 Å². The Labute approximate surface area is 124 Å². The molecule has 1 N–H and O–H groups in total. The molecule has 2 rings (SSSR count). The van der Waals surface area contributed by atoms with Gasteiger partial charge < -0.3 is 10.1 Å². The number of ether oxygens (including phenoxy) is 1. The first-order chi connectivity index (χ1) is 10.2. The maximum atomic E-state index is 12.0. The molecular weight excluding hydrogens is 264 g/mol. The van der Waals surface area contributed by atoms with Crippen LogP contribution in [-0.2, 0) is 6.54 Å². The van der Waals surface area contributed by atoms with Crippen molar-refractivity contribution in [3.05, 3.63) is 65.2 Å². The number of hydrogen-bond donors (Lipinski definition) is 1. The summed E-state index contributed by atoms with van der Waals surface area (Å²) < 4.78 is 5.42. The molecule has 2 aromatic carbocycles. The average molecular weight is 280 g/mol. The molecule has 0 saturated heterocycles. The van der Waals surface area contributed by atoms with Crippen LogP contribution in [0.4, 0.5) is 0 Å². The van der Waals surface area contributed by atoms with Crippen LogP contribution in [0.15, 0.2) is 48.5 Å². The topological polar surface area (TPSA) is 62.1 Å². The maximum Gasteiger partial charge on any atom is 0.251 e. The minimum Gasteiger partial charge on any atom is -0.494 e. The second-order valence-electron chi connectivity index (χ2n) is 4.46. The van der Waals surface area contributed by atoms with E-state index < -0.39 is 0 Å². The third kappa shape index (κ3) is 4.08. The van der Waals surface area contributed by atoms with Gasteiger partial charge in [-0.25, -0.2) is 0 Å². The molecule has 21 heavy (non-hydrogen) atoms. The molecule has 0 aliphatic heterocycles. The minimum absolute atomic E-state index is 0.200. The summed E-state index contributed by atoms with van der Waals surface area (Å²) in [6, 6.07) is 16.2. The van der Waals surface area contributed by atoms with Crippen LogP contribution < -0.4 is 10.1 Å². The van der Waals surface area contributed by atoms with Gasteiger partial charge >= 0.3 is 0 Å². The molecule has 0 saturated carbocycles. The minimum atomic E-state index is -0.200. The molecular formula is C17H16N2O2. The Hall–Kier alpha value is -2.80. The second kappa shape index (κ2) is 7.11. The van der Waals surface area contributed by atoms with Gasteiger partial charge in [-0.15, -0.1) is 0 Å². The van der Waals surface area contributed by atoms with Gasteiger partial charge in [-0.2, -0.15) is 5.26 Å². The molecule has 1 amide bonds. The molecule has 0 atom stereocenters. The fraction of sp³-hybridized carbons (Fsp3) is 0.176. The van der Waals surface area contributed by atoms with Crippen molar-refractivity contribution in [2.24, 2.45) is 0 Å². The predicted molar refractivity (Wildman–Crippen MR) is 79.9 cm³/mol. The summed E-state index contributed by atoms with van der Waals surface area (Å²) in [5, 5.41) is 11.7. The van der Waals surface area contributed by atoms with E-state index in [1.54, 1.807) is 24.3 Å². The number of carbonyl (C=O) groups is 1. The van der Waals surface area contributed by atoms with Crippen LogP contribution in [0.3, 0.4) is 0 Å². The first-order valence-electron chi connectivity index (χ1n) is 6.73. The Bertz CT molecular complexity index is 674. The van der Waals surface area contributed by atoms with E-state index in [4.69, 9.17) is 10.00 Å². The molecule has 0 aliphatic rings. The summed E-state index contributed by atoms with van der Waals surface area (Å²) in [5.74, 6) is 0.588. The molecule has 0 unspecified atom stereocenters. The lowest BCUT2D eigenvalue weighted by atomic mass is 10.1. The van der Waals surface area contributed by atoms with Crippen LogP contribution in [0.1, 0.15) is 28.4 Å². The third-order valence-electron chi connectivity index (χ3n) is 2.92. The predicted octanol–water partition coefficient (Wildman–Crippen LogP) is 2.89. The van der Waals surface area contributed by atoms with Crippen molar-refractivity contribution in [1.29, 1.82) is 5.26 Å². The largest absolute Gasteiger partial charge is 0.494 e. The summed E-state index contributed by atoms with van der Waals surface area (Å²) in [6.45, 7) is 2.95. The van der Waals surface area contributed by atoms with Crippen molar-refractivity contribution < 1.29 is 9.53 Å². The monoisotopic (exact) mass is 280 g/mol. The van der Waals surface area contributed by atoms with Crippen molar-refractivity contribution in [1.82, 2.24) is 5.32 Å². The zero-order valence-corrected chi connectivity index (χ0v) is 11.8. The van der Waals surface area contributed by atoms with Gasteiger partial charge in [-0.1, -0.05) is 18.2 Å². The lowest BCUT2D eigenvalue weighted by molar-refractivity contribution is 0.0951. The third-order valence-corrected chi connectivity index (χ3v) is 2.92. The molecule has 4 heteroatoms. The fourth-order valence-electron chi connectivity index (χ4n) is 1.93. The van der Waals surface area contributed by atoms with E-state index in [1.165, 1.54) is 0 Å². The van der Waals surface area contributed by atoms with Gasteiger partial charge in [-0.05, 0) is 42.8 Å². The molecule has 0 aromatic heterocycles. The summed E-state index contributed by atoms with van der Waals surface area (Å²) in [6.07, 6.45) is 0. The number of benzene rings is 2. The lowest BCUT2D eigenvalue weighted by Crippen LogP contribution is -2.22. The van der Waals surface area contributed by atoms with Gasteiger partial charge in [-0.3, -0.25) is 4.79 Å². The molecule has 0 spiro atoms. The molecule has 0 fully saturated rings. The van der Waals surface area contributed by atoms with Crippen molar-refractivity contribution in [2.75, 3.05) is 6.61 Å². The summed E-state index contributed by atoms with van der Waals surface area (Å²) in [5.41, 5.74) is 1.92. The van der Waals surface area contributed by atoms with Crippen molar-refractivity contribution in [3.8, 4) is 11.8 Å². The standard InChI is InChI=1S/C17H16N2O2/c1-2-21-16-8-4-6-14(10-16)12-19-17(20)15-7-3-5-13(9-15)11-18/h3-10H,2,12H2,1H3,(H,19,20). The number of carbonyl (C=O) groups excluding carboxylic acids is 1. The SMILES string of the molecule is CCOc1cccc(CNC(=O)c2cccc(C#N)c2)c1. The molecule has 4 nitrogen and oxygen atoms in total. The van der Waals surface area contributed by atoms with E-state index in [1.807, 2.05) is 37.3 Å². The first kappa shape index (κ1) is 14.6. The average Bonchev–Trinajstić information content (AvgIpc) is 2.53. The zero-order valence-electron chi connectivity index (χ0n) is 11.8. The Morgan fingerprint density at radius 2 is 2.05 bits per heavy atom. The first-order valence-corrected chi connectivity index (χ1v) is 6.73. The van der Waals surface area contributed by atoms with Gasteiger partial charge in [0.15, 0.2) is 0 Å². The number of nitrogens with one attached hydrogen (secondary N) is 1. The van der Waals surface area contributed by atoms with Crippen LogP contribution in [0.5, 0.6) is 5.75 Å². The highest BCUT2D eigenvalue weighted by Crippen LogP contribution is 2.13. The van der Waals surface area contributed by atoms with Crippen LogP contribution in [-0.4, -0.2) is 12.5 Å². The van der Waals surface area contributed by atoms with E-state index in [2.05, 4.69) is 5.32 Å². The van der Waals surface area contributed by atoms with Gasteiger partial charge in [0, 0.05) is 12.1 Å². The Morgan fingerprint density at radius 1 is 1.24 bits per heavy atom. The number of hydrogen-bond acceptors (Lipinski definition) is 3. The highest BCUT2D eigenvalue weighted by molar-refractivity contribution is 5.94. The number of nitriles is 1. The Kier molecular flexibility index (Phi) is 4.94. The molecule has 0 heterocycles. The summed E-state index contributed by atoms with van der Waals surface area (Å²) in [4.78, 5) is 12.0. The highest BCUT2D eigenvalue weighted by Gasteiger charge is 2.06. The van der Waals surface area contributed by atoms with Gasteiger partial charge in [0.1, 0.15) is 5.75 Å². The molecule has 2 aromatic rings. The highest BCUT2D eigenvalue weighted by atomic mass is 16.5. The van der Waals surface area contributed by atoms with Crippen molar-refractivity contribution in [3.63, 3.8) is 0 Å². The smallest absolute Gasteiger partial charge is 0.251 e. The zero-order chi connectivity index (χ0) is 15.1. The van der Waals surface area contributed by atoms with Crippen LogP contribution in [0, 0.1) is 11.3 Å². The number of rotatable bonds is 5. The van der Waals surface area contributed by atoms with E-state index >= 15 is 0 Å². The van der Waals surface area contributed by atoms with E-state index in [0.29, 0.717) is 24.3 Å². The number of amides is 1. The van der Waals surface area contributed by atoms with E-state index in [-0.39, 0.29) is 5.91 Å². The fourth-order valence-corrected chi connectivity index (χ4v) is 1.93. The number of nitrogens with zero attached hydrogens (tertiary/aromatic N) is 1. The van der Waals surface area contributed by atoms with Gasteiger partial charge in [0.05, 0.1) is 18.2 Å². The quantitative estimate of drug-likeness (QED) is 0.916. The Morgan fingerprint density at radius 3 is 2.81 bits per heavy atom. The lowest BCUT2D eigenvalue weighted by Gasteiger charge is -2.08. The molecule has 106 valence electrons. The van der Waals surface area contributed by atoms with Crippen molar-refractivity contribution in [2.45, 2.75) is 13.5 Å². The maximum absolute atomic E-state index is 12.0. The Balaban J connectivity index is 2.00. The van der Waals surface area contributed by atoms with Crippen molar-refractivity contribution >= 4 is 5.91 Å². The second-order valence-corrected chi connectivity index (χ2v) is 4.46. The van der Waals surface area contributed by atoms with Gasteiger partial charge in [0.25, 0.3) is 5.91 Å². The molecule has 0 bridgehead atoms. The van der Waals surface area contributed by atoms with E-state index in [9.17, 15) is 4.79 Å². The summed E-state index contributed by atoms with van der Waals surface area (Å²) in [7, 11) is 0.